The van der Waals surface area contributed by atoms with Gasteiger partial charge in [0, 0.05) is 31.3 Å². The Labute approximate surface area is 214 Å². The molecule has 0 atom stereocenters. The van der Waals surface area contributed by atoms with Crippen molar-refractivity contribution in [1.82, 2.24) is 19.5 Å². The normalized spacial score (nSPS) is 10.8. The molecule has 2 aromatic carbocycles. The third kappa shape index (κ3) is 4.55. The number of halogens is 1. The molecule has 182 valence electrons. The lowest BCUT2D eigenvalue weighted by atomic mass is 10.0. The van der Waals surface area contributed by atoms with Gasteiger partial charge in [-0.3, -0.25) is 0 Å². The second-order valence-corrected chi connectivity index (χ2v) is 8.55. The molecule has 5 aromatic rings. The number of pyridine rings is 2. The van der Waals surface area contributed by atoms with Crippen molar-refractivity contribution in [2.45, 2.75) is 13.3 Å². The van der Waals surface area contributed by atoms with Gasteiger partial charge in [-0.25, -0.2) is 19.9 Å². The number of fused-ring (bicyclic) bond motifs is 1. The second-order valence-electron chi connectivity index (χ2n) is 8.55. The SMILES string of the molecule is CCc1cc(C#N)nc(F)c1N(C)c1cc2c(ncn2C)c(N=C(c2ccccc2)c2ccccc2)n1. The highest BCUT2D eigenvalue weighted by atomic mass is 19.1. The van der Waals surface area contributed by atoms with E-state index >= 15 is 4.39 Å². The van der Waals surface area contributed by atoms with E-state index in [0.29, 0.717) is 29.1 Å². The molecule has 0 N–H and O–H groups in total. The number of hydrogen-bond acceptors (Lipinski definition) is 6. The zero-order chi connectivity index (χ0) is 25.9. The topological polar surface area (TPSA) is 83.0 Å². The van der Waals surface area contributed by atoms with Gasteiger partial charge < -0.3 is 9.47 Å². The van der Waals surface area contributed by atoms with Gasteiger partial charge in [-0.1, -0.05) is 67.6 Å². The minimum atomic E-state index is -0.718. The summed E-state index contributed by atoms with van der Waals surface area (Å²) in [5.41, 5.74) is 5.05. The Balaban J connectivity index is 1.73. The van der Waals surface area contributed by atoms with Crippen LogP contribution in [0.5, 0.6) is 0 Å². The first-order valence-electron chi connectivity index (χ1n) is 11.8. The summed E-state index contributed by atoms with van der Waals surface area (Å²) in [6.45, 7) is 1.91. The molecular weight excluding hydrogens is 465 g/mol. The quantitative estimate of drug-likeness (QED) is 0.220. The summed E-state index contributed by atoms with van der Waals surface area (Å²) in [7, 11) is 3.63. The number of aromatic nitrogens is 4. The minimum absolute atomic E-state index is 0.0437. The molecule has 0 aliphatic heterocycles. The average molecular weight is 490 g/mol. The van der Waals surface area contributed by atoms with Crippen molar-refractivity contribution in [3.8, 4) is 6.07 Å². The standard InChI is InChI=1S/C29H24FN7/c1-4-19-15-22(17-31)33-28(30)27(19)37(3)24-16-23-26(32-18-36(23)2)29(34-24)35-25(20-11-7-5-8-12-20)21-13-9-6-10-14-21/h5-16,18H,4H2,1-3H3. The number of rotatable bonds is 6. The van der Waals surface area contributed by atoms with Crippen LogP contribution in [0, 0.1) is 17.3 Å². The van der Waals surface area contributed by atoms with Crippen molar-refractivity contribution in [2.24, 2.45) is 12.0 Å². The van der Waals surface area contributed by atoms with Gasteiger partial charge in [0.25, 0.3) is 0 Å². The molecule has 0 saturated heterocycles. The first-order chi connectivity index (χ1) is 18.0. The Morgan fingerprint density at radius 1 is 1.03 bits per heavy atom. The van der Waals surface area contributed by atoms with Crippen LogP contribution in [0.3, 0.4) is 0 Å². The fourth-order valence-electron chi connectivity index (χ4n) is 4.29. The summed E-state index contributed by atoms with van der Waals surface area (Å²) < 4.78 is 17.0. The molecule has 37 heavy (non-hydrogen) atoms. The molecule has 0 bridgehead atoms. The fraction of sp³-hybridized carbons (Fsp3) is 0.138. The maximum absolute atomic E-state index is 15.1. The summed E-state index contributed by atoms with van der Waals surface area (Å²) in [5.74, 6) is 0.183. The Bertz CT molecular complexity index is 1610. The highest BCUT2D eigenvalue weighted by Crippen LogP contribution is 2.34. The molecule has 0 aliphatic carbocycles. The van der Waals surface area contributed by atoms with E-state index < -0.39 is 5.95 Å². The van der Waals surface area contributed by atoms with Crippen LogP contribution in [0.15, 0.2) is 84.1 Å². The van der Waals surface area contributed by atoms with E-state index in [9.17, 15) is 5.26 Å². The molecule has 3 aromatic heterocycles. The van der Waals surface area contributed by atoms with E-state index in [1.54, 1.807) is 24.3 Å². The van der Waals surface area contributed by atoms with Gasteiger partial charge in [0.2, 0.25) is 5.95 Å². The van der Waals surface area contributed by atoms with Crippen LogP contribution in [0.1, 0.15) is 29.3 Å². The Morgan fingerprint density at radius 2 is 1.68 bits per heavy atom. The van der Waals surface area contributed by atoms with E-state index in [4.69, 9.17) is 9.98 Å². The molecule has 0 unspecified atom stereocenters. The van der Waals surface area contributed by atoms with Gasteiger partial charge >= 0.3 is 0 Å². The molecule has 0 aliphatic rings. The maximum atomic E-state index is 15.1. The van der Waals surface area contributed by atoms with Crippen LogP contribution < -0.4 is 4.90 Å². The Kier molecular flexibility index (Phi) is 6.43. The summed E-state index contributed by atoms with van der Waals surface area (Å²) >= 11 is 0. The van der Waals surface area contributed by atoms with Crippen molar-refractivity contribution in [3.05, 3.63) is 107 Å². The predicted molar refractivity (Wildman–Crippen MR) is 143 cm³/mol. The largest absolute Gasteiger partial charge is 0.334 e. The molecule has 3 heterocycles. The van der Waals surface area contributed by atoms with Gasteiger partial charge in [0.15, 0.2) is 5.82 Å². The number of nitrogens with zero attached hydrogens (tertiary/aromatic N) is 7. The van der Waals surface area contributed by atoms with Gasteiger partial charge in [-0.2, -0.15) is 9.65 Å². The monoisotopic (exact) mass is 489 g/mol. The first kappa shape index (κ1) is 23.8. The smallest absolute Gasteiger partial charge is 0.238 e. The van der Waals surface area contributed by atoms with Gasteiger partial charge in [-0.15, -0.1) is 0 Å². The van der Waals surface area contributed by atoms with Crippen LogP contribution in [0.25, 0.3) is 11.0 Å². The zero-order valence-electron chi connectivity index (χ0n) is 20.7. The second kappa shape index (κ2) is 9.99. The molecule has 7 nitrogen and oxygen atoms in total. The summed E-state index contributed by atoms with van der Waals surface area (Å²) in [5, 5.41) is 9.23. The zero-order valence-corrected chi connectivity index (χ0v) is 20.7. The van der Waals surface area contributed by atoms with Gasteiger partial charge in [0.1, 0.15) is 28.8 Å². The highest BCUT2D eigenvalue weighted by Gasteiger charge is 2.21. The molecule has 5 rings (SSSR count). The number of benzene rings is 2. The average Bonchev–Trinajstić information content (AvgIpc) is 3.32. The van der Waals surface area contributed by atoms with E-state index in [-0.39, 0.29) is 11.4 Å². The Morgan fingerprint density at radius 3 is 2.27 bits per heavy atom. The van der Waals surface area contributed by atoms with Crippen molar-refractivity contribution < 1.29 is 4.39 Å². The predicted octanol–water partition coefficient (Wildman–Crippen LogP) is 5.87. The lowest BCUT2D eigenvalue weighted by Gasteiger charge is -2.22. The van der Waals surface area contributed by atoms with Gasteiger partial charge in [0.05, 0.1) is 17.6 Å². The molecular formula is C29H24FN7. The number of hydrogen-bond donors (Lipinski definition) is 0. The van der Waals surface area contributed by atoms with Crippen LogP contribution >= 0.6 is 0 Å². The molecule has 0 spiro atoms. The van der Waals surface area contributed by atoms with Crippen molar-refractivity contribution >= 4 is 34.1 Å². The van der Waals surface area contributed by atoms with E-state index in [1.807, 2.05) is 91.3 Å². The van der Waals surface area contributed by atoms with Gasteiger partial charge in [-0.05, 0) is 18.1 Å². The van der Waals surface area contributed by atoms with Crippen molar-refractivity contribution in [2.75, 3.05) is 11.9 Å². The van der Waals surface area contributed by atoms with Crippen LogP contribution in [-0.2, 0) is 13.5 Å². The van der Waals surface area contributed by atoms with Crippen LogP contribution in [-0.4, -0.2) is 32.3 Å². The van der Waals surface area contributed by atoms with Crippen LogP contribution in [0.4, 0.5) is 21.7 Å². The summed E-state index contributed by atoms with van der Waals surface area (Å²) in [4.78, 5) is 19.9. The molecule has 0 amide bonds. The summed E-state index contributed by atoms with van der Waals surface area (Å²) in [6.07, 6.45) is 2.24. The van der Waals surface area contributed by atoms with Crippen molar-refractivity contribution in [1.29, 1.82) is 5.26 Å². The van der Waals surface area contributed by atoms with E-state index in [2.05, 4.69) is 9.97 Å². The third-order valence-electron chi connectivity index (χ3n) is 6.20. The Hall–Kier alpha value is -4.90. The van der Waals surface area contributed by atoms with E-state index in [1.165, 1.54) is 0 Å². The van der Waals surface area contributed by atoms with Crippen LogP contribution in [0.2, 0.25) is 0 Å². The third-order valence-corrected chi connectivity index (χ3v) is 6.20. The van der Waals surface area contributed by atoms with E-state index in [0.717, 1.165) is 22.4 Å². The number of imidazole rings is 1. The highest BCUT2D eigenvalue weighted by molar-refractivity contribution is 6.14. The number of aryl methyl sites for hydroxylation is 2. The molecule has 8 heteroatoms. The van der Waals surface area contributed by atoms with Crippen molar-refractivity contribution in [3.63, 3.8) is 0 Å². The lowest BCUT2D eigenvalue weighted by Crippen LogP contribution is -2.16. The number of aliphatic imine (C=N–C) groups is 1. The molecule has 0 saturated carbocycles. The number of anilines is 2. The summed E-state index contributed by atoms with van der Waals surface area (Å²) in [6, 6.07) is 25.2. The maximum Gasteiger partial charge on any atom is 0.238 e. The first-order valence-corrected chi connectivity index (χ1v) is 11.8. The number of nitriles is 1. The molecule has 0 fully saturated rings. The lowest BCUT2D eigenvalue weighted by molar-refractivity contribution is 0.580. The fourth-order valence-corrected chi connectivity index (χ4v) is 4.29. The minimum Gasteiger partial charge on any atom is -0.334 e. The molecule has 0 radical (unpaired) electrons.